The van der Waals surface area contributed by atoms with Crippen LogP contribution >= 0.6 is 0 Å². The normalized spacial score (nSPS) is 21.9. The Labute approximate surface area is 204 Å². The fourth-order valence-corrected chi connectivity index (χ4v) is 5.57. The Hall–Kier alpha value is -3.39. The van der Waals surface area contributed by atoms with Crippen LogP contribution in [0.2, 0.25) is 0 Å². The average molecular weight is 479 g/mol. The number of amides is 2. The van der Waals surface area contributed by atoms with Crippen LogP contribution in [0.4, 0.5) is 4.79 Å². The number of carboxylic acids is 1. The summed E-state index contributed by atoms with van der Waals surface area (Å²) in [5.74, 6) is -1.44. The molecular weight excluding hydrogens is 448 g/mol. The maximum Gasteiger partial charge on any atom is 0.407 e. The standard InChI is InChI=1S/C27H30N2O6/c30-23(31)14-27(11-5-12-27)29-25(32)24-17(10-13-34-24)15-28-26(33)35-16-22-20-8-3-1-6-18(20)19-7-2-4-9-21(19)22/h1-4,6-9,17,22,24H,5,10-16H2,(H,28,33)(H,29,32)(H,30,31)/t17-,24-/m0/s1. The summed E-state index contributed by atoms with van der Waals surface area (Å²) < 4.78 is 11.2. The second kappa shape index (κ2) is 9.70. The van der Waals surface area contributed by atoms with E-state index in [0.717, 1.165) is 17.5 Å². The molecule has 1 saturated heterocycles. The summed E-state index contributed by atoms with van der Waals surface area (Å²) in [6, 6.07) is 16.3. The molecule has 1 saturated carbocycles. The van der Waals surface area contributed by atoms with E-state index in [2.05, 4.69) is 34.9 Å². The molecule has 8 heteroatoms. The summed E-state index contributed by atoms with van der Waals surface area (Å²) in [7, 11) is 0. The number of hydrogen-bond donors (Lipinski definition) is 3. The van der Waals surface area contributed by atoms with E-state index < -0.39 is 23.7 Å². The minimum absolute atomic E-state index is 0.0191. The predicted octanol–water partition coefficient (Wildman–Crippen LogP) is 3.44. The van der Waals surface area contributed by atoms with Gasteiger partial charge in [-0.3, -0.25) is 9.59 Å². The Morgan fingerprint density at radius 1 is 1.03 bits per heavy atom. The van der Waals surface area contributed by atoms with E-state index in [1.807, 2.05) is 24.3 Å². The monoisotopic (exact) mass is 478 g/mol. The van der Waals surface area contributed by atoms with Gasteiger partial charge in [-0.05, 0) is 47.9 Å². The van der Waals surface area contributed by atoms with Crippen molar-refractivity contribution in [2.75, 3.05) is 19.8 Å². The summed E-state index contributed by atoms with van der Waals surface area (Å²) in [4.78, 5) is 36.6. The van der Waals surface area contributed by atoms with Gasteiger partial charge in [0.2, 0.25) is 5.91 Å². The number of benzene rings is 2. The molecule has 1 heterocycles. The largest absolute Gasteiger partial charge is 0.481 e. The molecule has 2 aromatic rings. The minimum Gasteiger partial charge on any atom is -0.481 e. The van der Waals surface area contributed by atoms with E-state index >= 15 is 0 Å². The highest BCUT2D eigenvalue weighted by molar-refractivity contribution is 5.83. The van der Waals surface area contributed by atoms with E-state index in [4.69, 9.17) is 9.47 Å². The first-order valence-corrected chi connectivity index (χ1v) is 12.2. The molecule has 184 valence electrons. The number of carbonyl (C=O) groups is 3. The van der Waals surface area contributed by atoms with Gasteiger partial charge in [-0.2, -0.15) is 0 Å². The van der Waals surface area contributed by atoms with Gasteiger partial charge in [0.1, 0.15) is 12.7 Å². The molecule has 2 aromatic carbocycles. The zero-order chi connectivity index (χ0) is 24.4. The lowest BCUT2D eigenvalue weighted by Crippen LogP contribution is -2.58. The molecule has 0 spiro atoms. The summed E-state index contributed by atoms with van der Waals surface area (Å²) in [5, 5.41) is 14.9. The molecule has 0 aromatic heterocycles. The number of ether oxygens (including phenoxy) is 2. The van der Waals surface area contributed by atoms with Crippen LogP contribution in [0.25, 0.3) is 11.1 Å². The highest BCUT2D eigenvalue weighted by atomic mass is 16.5. The van der Waals surface area contributed by atoms with Gasteiger partial charge < -0.3 is 25.2 Å². The van der Waals surface area contributed by atoms with E-state index in [1.165, 1.54) is 11.1 Å². The summed E-state index contributed by atoms with van der Waals surface area (Å²) in [5.41, 5.74) is 3.95. The summed E-state index contributed by atoms with van der Waals surface area (Å²) in [6.07, 6.45) is 1.50. The van der Waals surface area contributed by atoms with Crippen LogP contribution in [0.3, 0.4) is 0 Å². The van der Waals surface area contributed by atoms with Crippen LogP contribution in [-0.4, -0.2) is 54.5 Å². The first-order chi connectivity index (χ1) is 17.0. The zero-order valence-corrected chi connectivity index (χ0v) is 19.5. The van der Waals surface area contributed by atoms with Crippen molar-refractivity contribution < 1.29 is 29.0 Å². The third kappa shape index (κ3) is 4.75. The van der Waals surface area contributed by atoms with Crippen LogP contribution in [0.5, 0.6) is 0 Å². The molecule has 8 nitrogen and oxygen atoms in total. The van der Waals surface area contributed by atoms with Crippen LogP contribution < -0.4 is 10.6 Å². The lowest BCUT2D eigenvalue weighted by Gasteiger charge is -2.42. The molecule has 2 amide bonds. The van der Waals surface area contributed by atoms with Gasteiger partial charge in [0.05, 0.1) is 12.0 Å². The quantitative estimate of drug-likeness (QED) is 0.536. The van der Waals surface area contributed by atoms with Gasteiger partial charge in [0.25, 0.3) is 0 Å². The zero-order valence-electron chi connectivity index (χ0n) is 19.5. The van der Waals surface area contributed by atoms with Crippen molar-refractivity contribution in [3.63, 3.8) is 0 Å². The Kier molecular flexibility index (Phi) is 6.47. The number of carbonyl (C=O) groups excluding carboxylic acids is 2. The molecular formula is C27H30N2O6. The second-order valence-electron chi connectivity index (χ2n) is 9.74. The molecule has 0 bridgehead atoms. The van der Waals surface area contributed by atoms with E-state index in [-0.39, 0.29) is 37.3 Å². The Balaban J connectivity index is 1.14. The number of carboxylic acid groups (broad SMARTS) is 1. The van der Waals surface area contributed by atoms with Crippen molar-refractivity contribution in [2.24, 2.45) is 5.92 Å². The average Bonchev–Trinajstić information content (AvgIpc) is 3.42. The van der Waals surface area contributed by atoms with Gasteiger partial charge in [0.15, 0.2) is 0 Å². The maximum absolute atomic E-state index is 12.9. The van der Waals surface area contributed by atoms with Gasteiger partial charge >= 0.3 is 12.1 Å². The predicted molar refractivity (Wildman–Crippen MR) is 128 cm³/mol. The lowest BCUT2D eigenvalue weighted by atomic mass is 9.74. The topological polar surface area (TPSA) is 114 Å². The van der Waals surface area contributed by atoms with Crippen molar-refractivity contribution in [1.82, 2.24) is 10.6 Å². The molecule has 2 fully saturated rings. The maximum atomic E-state index is 12.9. The Morgan fingerprint density at radius 3 is 2.29 bits per heavy atom. The third-order valence-corrected chi connectivity index (χ3v) is 7.51. The van der Waals surface area contributed by atoms with Crippen molar-refractivity contribution in [3.8, 4) is 11.1 Å². The number of alkyl carbamates (subject to hydrolysis) is 1. The van der Waals surface area contributed by atoms with Gasteiger partial charge in [-0.15, -0.1) is 0 Å². The number of rotatable bonds is 8. The number of aliphatic carboxylic acids is 1. The Bertz CT molecular complexity index is 1080. The highest BCUT2D eigenvalue weighted by Crippen LogP contribution is 2.44. The van der Waals surface area contributed by atoms with Crippen LogP contribution in [0.15, 0.2) is 48.5 Å². The molecule has 3 N–H and O–H groups in total. The third-order valence-electron chi connectivity index (χ3n) is 7.51. The highest BCUT2D eigenvalue weighted by Gasteiger charge is 2.44. The van der Waals surface area contributed by atoms with Crippen LogP contribution in [0, 0.1) is 5.92 Å². The number of nitrogens with one attached hydrogen (secondary N) is 2. The molecule has 1 aliphatic heterocycles. The van der Waals surface area contributed by atoms with Gasteiger partial charge in [-0.1, -0.05) is 48.5 Å². The molecule has 0 radical (unpaired) electrons. The van der Waals surface area contributed by atoms with Crippen LogP contribution in [-0.2, 0) is 19.1 Å². The van der Waals surface area contributed by atoms with E-state index in [9.17, 15) is 19.5 Å². The van der Waals surface area contributed by atoms with Crippen molar-refractivity contribution in [1.29, 1.82) is 0 Å². The fraction of sp³-hybridized carbons (Fsp3) is 0.444. The second-order valence-corrected chi connectivity index (χ2v) is 9.74. The fourth-order valence-electron chi connectivity index (χ4n) is 5.57. The Morgan fingerprint density at radius 2 is 1.69 bits per heavy atom. The molecule has 35 heavy (non-hydrogen) atoms. The van der Waals surface area contributed by atoms with Gasteiger partial charge in [-0.25, -0.2) is 4.79 Å². The molecule has 3 aliphatic rings. The summed E-state index contributed by atoms with van der Waals surface area (Å²) in [6.45, 7) is 0.893. The first kappa shape index (κ1) is 23.4. The lowest BCUT2D eigenvalue weighted by molar-refractivity contribution is -0.142. The van der Waals surface area contributed by atoms with Crippen molar-refractivity contribution >= 4 is 18.0 Å². The van der Waals surface area contributed by atoms with E-state index in [0.29, 0.717) is 25.9 Å². The molecule has 0 unspecified atom stereocenters. The van der Waals surface area contributed by atoms with Crippen molar-refractivity contribution in [2.45, 2.75) is 49.7 Å². The van der Waals surface area contributed by atoms with E-state index in [1.54, 1.807) is 0 Å². The molecule has 5 rings (SSSR count). The number of fused-ring (bicyclic) bond motifs is 3. The number of hydrogen-bond acceptors (Lipinski definition) is 5. The SMILES string of the molecule is O=C(O)CC1(NC(=O)[C@H]2OCC[C@H]2CNC(=O)OCC2c3ccccc3-c3ccccc32)CCC1. The van der Waals surface area contributed by atoms with Crippen molar-refractivity contribution in [3.05, 3.63) is 59.7 Å². The van der Waals surface area contributed by atoms with Crippen LogP contribution in [0.1, 0.15) is 49.1 Å². The smallest absolute Gasteiger partial charge is 0.407 e. The molecule has 2 atom stereocenters. The minimum atomic E-state index is -0.925. The van der Waals surface area contributed by atoms with Gasteiger partial charge in [0, 0.05) is 25.0 Å². The molecule has 2 aliphatic carbocycles. The first-order valence-electron chi connectivity index (χ1n) is 12.2. The summed E-state index contributed by atoms with van der Waals surface area (Å²) >= 11 is 0.